The lowest BCUT2D eigenvalue weighted by molar-refractivity contribution is -0.123. The van der Waals surface area contributed by atoms with Gasteiger partial charge in [-0.05, 0) is 43.9 Å². The summed E-state index contributed by atoms with van der Waals surface area (Å²) < 4.78 is 28.6. The third kappa shape index (κ3) is 6.67. The number of aryl methyl sites for hydroxylation is 1. The lowest BCUT2D eigenvalue weighted by Crippen LogP contribution is -2.50. The quantitative estimate of drug-likeness (QED) is 0.697. The van der Waals surface area contributed by atoms with Crippen molar-refractivity contribution >= 4 is 15.9 Å². The van der Waals surface area contributed by atoms with E-state index in [2.05, 4.69) is 10.0 Å². The molecule has 30 heavy (non-hydrogen) atoms. The van der Waals surface area contributed by atoms with Gasteiger partial charge in [0.15, 0.2) is 0 Å². The molecule has 1 amide bonds. The van der Waals surface area contributed by atoms with Gasteiger partial charge in [0.25, 0.3) is 0 Å². The first-order valence-corrected chi connectivity index (χ1v) is 12.4. The van der Waals surface area contributed by atoms with Crippen molar-refractivity contribution < 1.29 is 13.2 Å². The fourth-order valence-electron chi connectivity index (χ4n) is 3.91. The van der Waals surface area contributed by atoms with E-state index in [1.54, 1.807) is 24.3 Å². The highest BCUT2D eigenvalue weighted by Gasteiger charge is 2.27. The van der Waals surface area contributed by atoms with Crippen molar-refractivity contribution in [1.82, 2.24) is 10.0 Å². The van der Waals surface area contributed by atoms with Crippen molar-refractivity contribution in [3.8, 4) is 0 Å². The summed E-state index contributed by atoms with van der Waals surface area (Å²) in [7, 11) is -3.81. The number of hydrogen-bond acceptors (Lipinski definition) is 3. The van der Waals surface area contributed by atoms with Crippen LogP contribution in [-0.2, 0) is 21.2 Å². The number of hydrogen-bond donors (Lipinski definition) is 2. The summed E-state index contributed by atoms with van der Waals surface area (Å²) in [6.45, 7) is 1.91. The molecule has 0 bridgehead atoms. The molecule has 2 N–H and O–H groups in total. The molecule has 0 saturated heterocycles. The summed E-state index contributed by atoms with van der Waals surface area (Å²) in [6.07, 6.45) is 8.06. The zero-order valence-corrected chi connectivity index (χ0v) is 18.5. The lowest BCUT2D eigenvalue weighted by Gasteiger charge is -2.25. The van der Waals surface area contributed by atoms with Crippen LogP contribution in [0.25, 0.3) is 0 Å². The van der Waals surface area contributed by atoms with E-state index >= 15 is 0 Å². The van der Waals surface area contributed by atoms with Gasteiger partial charge >= 0.3 is 0 Å². The molecule has 0 unspecified atom stereocenters. The SMILES string of the molecule is Cc1ccc(S(=O)(=O)N[C@@H](Cc2ccccc2)C(=O)NC2CCCCCCC2)cc1. The molecule has 1 fully saturated rings. The summed E-state index contributed by atoms with van der Waals surface area (Å²) in [4.78, 5) is 13.3. The molecule has 1 atom stereocenters. The van der Waals surface area contributed by atoms with Gasteiger partial charge in [-0.2, -0.15) is 4.72 Å². The maximum atomic E-state index is 13.1. The highest BCUT2D eigenvalue weighted by atomic mass is 32.2. The highest BCUT2D eigenvalue weighted by Crippen LogP contribution is 2.18. The molecular weight excluding hydrogens is 396 g/mol. The average Bonchev–Trinajstić information content (AvgIpc) is 2.70. The van der Waals surface area contributed by atoms with Gasteiger partial charge in [-0.25, -0.2) is 8.42 Å². The molecule has 162 valence electrons. The van der Waals surface area contributed by atoms with E-state index in [1.165, 1.54) is 19.3 Å². The van der Waals surface area contributed by atoms with E-state index in [-0.39, 0.29) is 16.8 Å². The molecule has 2 aromatic rings. The highest BCUT2D eigenvalue weighted by molar-refractivity contribution is 7.89. The second kappa shape index (κ2) is 10.7. The van der Waals surface area contributed by atoms with Crippen LogP contribution < -0.4 is 10.0 Å². The molecule has 2 aromatic carbocycles. The Morgan fingerprint density at radius 3 is 2.17 bits per heavy atom. The van der Waals surface area contributed by atoms with Crippen LogP contribution in [0.3, 0.4) is 0 Å². The minimum absolute atomic E-state index is 0.111. The first kappa shape index (κ1) is 22.5. The lowest BCUT2D eigenvalue weighted by atomic mass is 9.96. The van der Waals surface area contributed by atoms with E-state index in [1.807, 2.05) is 37.3 Å². The molecule has 1 saturated carbocycles. The topological polar surface area (TPSA) is 75.3 Å². The van der Waals surface area contributed by atoms with Crippen LogP contribution in [0.1, 0.15) is 56.1 Å². The fourth-order valence-corrected chi connectivity index (χ4v) is 5.11. The number of nitrogens with one attached hydrogen (secondary N) is 2. The predicted octanol–water partition coefficient (Wildman–Crippen LogP) is 4.11. The third-order valence-electron chi connectivity index (χ3n) is 5.68. The van der Waals surface area contributed by atoms with Crippen molar-refractivity contribution in [3.05, 3.63) is 65.7 Å². The standard InChI is InChI=1S/C24H32N2O3S/c1-19-14-16-22(17-15-19)30(28,29)26-23(18-20-10-6-5-7-11-20)24(27)25-21-12-8-3-2-4-9-13-21/h5-7,10-11,14-17,21,23,26H,2-4,8-9,12-13,18H2,1H3,(H,25,27)/t23-/m0/s1. The van der Waals surface area contributed by atoms with E-state index in [9.17, 15) is 13.2 Å². The van der Waals surface area contributed by atoms with Gasteiger partial charge < -0.3 is 5.32 Å². The van der Waals surface area contributed by atoms with Gasteiger partial charge in [-0.1, -0.05) is 80.1 Å². The number of sulfonamides is 1. The second-order valence-electron chi connectivity index (χ2n) is 8.23. The van der Waals surface area contributed by atoms with Crippen molar-refractivity contribution in [1.29, 1.82) is 0 Å². The smallest absolute Gasteiger partial charge is 0.241 e. The maximum absolute atomic E-state index is 13.1. The zero-order valence-electron chi connectivity index (χ0n) is 17.6. The Morgan fingerprint density at radius 2 is 1.53 bits per heavy atom. The van der Waals surface area contributed by atoms with Crippen LogP contribution in [0.15, 0.2) is 59.5 Å². The van der Waals surface area contributed by atoms with Gasteiger partial charge in [0.05, 0.1) is 4.90 Å². The van der Waals surface area contributed by atoms with E-state index in [0.717, 1.165) is 36.8 Å². The Labute approximate surface area is 180 Å². The Hall–Kier alpha value is -2.18. The monoisotopic (exact) mass is 428 g/mol. The number of benzene rings is 2. The molecule has 1 aliphatic carbocycles. The summed E-state index contributed by atoms with van der Waals surface area (Å²) in [6, 6.07) is 15.4. The van der Waals surface area contributed by atoms with E-state index in [4.69, 9.17) is 0 Å². The minimum Gasteiger partial charge on any atom is -0.352 e. The molecular formula is C24H32N2O3S. The first-order chi connectivity index (χ1) is 14.4. The fraction of sp³-hybridized carbons (Fsp3) is 0.458. The average molecular weight is 429 g/mol. The molecule has 0 heterocycles. The van der Waals surface area contributed by atoms with Crippen LogP contribution in [0.2, 0.25) is 0 Å². The molecule has 0 radical (unpaired) electrons. The molecule has 0 aliphatic heterocycles. The Balaban J connectivity index is 1.76. The van der Waals surface area contributed by atoms with Gasteiger partial charge in [-0.3, -0.25) is 4.79 Å². The van der Waals surface area contributed by atoms with Crippen LogP contribution in [0.5, 0.6) is 0 Å². The van der Waals surface area contributed by atoms with Gasteiger partial charge in [0.2, 0.25) is 15.9 Å². The second-order valence-corrected chi connectivity index (χ2v) is 9.94. The molecule has 6 heteroatoms. The maximum Gasteiger partial charge on any atom is 0.241 e. The van der Waals surface area contributed by atoms with Crippen LogP contribution in [0.4, 0.5) is 0 Å². The minimum atomic E-state index is -3.81. The Morgan fingerprint density at radius 1 is 0.933 bits per heavy atom. The molecule has 0 spiro atoms. The largest absolute Gasteiger partial charge is 0.352 e. The van der Waals surface area contributed by atoms with Gasteiger partial charge in [0.1, 0.15) is 6.04 Å². The number of carbonyl (C=O) groups excluding carboxylic acids is 1. The zero-order chi connectivity index (χ0) is 21.4. The van der Waals surface area contributed by atoms with Crippen molar-refractivity contribution in [2.75, 3.05) is 0 Å². The molecule has 0 aromatic heterocycles. The normalized spacial score (nSPS) is 17.0. The summed E-state index contributed by atoms with van der Waals surface area (Å²) >= 11 is 0. The number of carbonyl (C=O) groups is 1. The Kier molecular flexibility index (Phi) is 8.05. The molecule has 5 nitrogen and oxygen atoms in total. The predicted molar refractivity (Wildman–Crippen MR) is 120 cm³/mol. The summed E-state index contributed by atoms with van der Waals surface area (Å²) in [5, 5.41) is 3.12. The number of rotatable bonds is 7. The molecule has 3 rings (SSSR count). The number of amides is 1. The summed E-state index contributed by atoms with van der Waals surface area (Å²) in [5.41, 5.74) is 1.90. The van der Waals surface area contributed by atoms with Crippen LogP contribution in [0, 0.1) is 6.92 Å². The third-order valence-corrected chi connectivity index (χ3v) is 7.17. The van der Waals surface area contributed by atoms with Gasteiger partial charge in [-0.15, -0.1) is 0 Å². The van der Waals surface area contributed by atoms with Crippen LogP contribution in [-0.4, -0.2) is 26.4 Å². The Bertz CT molecular complexity index is 903. The van der Waals surface area contributed by atoms with E-state index < -0.39 is 16.1 Å². The summed E-state index contributed by atoms with van der Waals surface area (Å²) in [5.74, 6) is -0.250. The van der Waals surface area contributed by atoms with Gasteiger partial charge in [0, 0.05) is 6.04 Å². The van der Waals surface area contributed by atoms with Crippen molar-refractivity contribution in [3.63, 3.8) is 0 Å². The molecule has 1 aliphatic rings. The van der Waals surface area contributed by atoms with E-state index in [0.29, 0.717) is 6.42 Å². The van der Waals surface area contributed by atoms with Crippen molar-refractivity contribution in [2.24, 2.45) is 0 Å². The van der Waals surface area contributed by atoms with Crippen molar-refractivity contribution in [2.45, 2.75) is 75.3 Å². The van der Waals surface area contributed by atoms with Crippen LogP contribution >= 0.6 is 0 Å². The first-order valence-electron chi connectivity index (χ1n) is 10.9.